The minimum atomic E-state index is -1.04. The molecule has 12 nitrogen and oxygen atoms in total. The summed E-state index contributed by atoms with van der Waals surface area (Å²) in [5, 5.41) is 8.81. The Morgan fingerprint density at radius 3 is 1.30 bits per heavy atom. The first-order chi connectivity index (χ1) is 14.0. The molecule has 0 fully saturated rings. The van der Waals surface area contributed by atoms with E-state index in [1.165, 1.54) is 0 Å². The van der Waals surface area contributed by atoms with Crippen LogP contribution >= 0.6 is 0 Å². The molecule has 4 N–H and O–H groups in total. The Morgan fingerprint density at radius 2 is 1.00 bits per heavy atom. The Hall–Kier alpha value is -3.44. The van der Waals surface area contributed by atoms with Gasteiger partial charge in [0.2, 0.25) is 0 Å². The lowest BCUT2D eigenvalue weighted by atomic mass is 10.2. The molecule has 30 heavy (non-hydrogen) atoms. The Kier molecular flexibility index (Phi) is 12.9. The van der Waals surface area contributed by atoms with E-state index < -0.39 is 49.0 Å². The van der Waals surface area contributed by atoms with Crippen molar-refractivity contribution >= 4 is 35.8 Å². The molecule has 6 amide bonds. The molecule has 0 heterocycles. The zero-order chi connectivity index (χ0) is 23.1. The molecule has 0 aromatic heterocycles. The molecule has 0 aliphatic rings. The van der Waals surface area contributed by atoms with Crippen LogP contribution in [-0.2, 0) is 28.7 Å². The highest BCUT2D eigenvalue weighted by Gasteiger charge is 2.12. The van der Waals surface area contributed by atoms with Crippen LogP contribution in [0.3, 0.4) is 0 Å². The molecule has 0 spiro atoms. The van der Waals surface area contributed by atoms with Crippen molar-refractivity contribution in [3.8, 4) is 0 Å². The average molecular weight is 428 g/mol. The lowest BCUT2D eigenvalue weighted by molar-refractivity contribution is -0.145. The number of ether oxygens (including phenoxy) is 2. The third-order valence-electron chi connectivity index (χ3n) is 2.89. The Bertz CT molecular complexity index is 617. The fraction of sp³-hybridized carbons (Fsp3) is 0.556. The second-order valence-electron chi connectivity index (χ2n) is 6.85. The predicted molar refractivity (Wildman–Crippen MR) is 104 cm³/mol. The van der Waals surface area contributed by atoms with Crippen molar-refractivity contribution in [2.45, 2.75) is 27.7 Å². The number of carbonyl (C=O) groups is 6. The summed E-state index contributed by atoms with van der Waals surface area (Å²) in [7, 11) is 0. The minimum absolute atomic E-state index is 0.196. The third kappa shape index (κ3) is 15.6. The minimum Gasteiger partial charge on any atom is -0.452 e. The number of rotatable bonds is 10. The Morgan fingerprint density at radius 1 is 0.667 bits per heavy atom. The molecule has 0 aliphatic heterocycles. The van der Waals surface area contributed by atoms with E-state index in [0.717, 1.165) is 0 Å². The Labute approximate surface area is 174 Å². The maximum atomic E-state index is 11.4. The molecule has 0 unspecified atom stereocenters. The van der Waals surface area contributed by atoms with E-state index in [4.69, 9.17) is 0 Å². The molecule has 0 saturated heterocycles. The van der Waals surface area contributed by atoms with E-state index in [2.05, 4.69) is 20.1 Å². The van der Waals surface area contributed by atoms with Crippen molar-refractivity contribution in [3.63, 3.8) is 0 Å². The molecule has 0 rings (SSSR count). The maximum Gasteiger partial charge on any atom is 0.331 e. The topological polar surface area (TPSA) is 169 Å². The molecule has 0 aromatic carbocycles. The molecule has 0 aliphatic carbocycles. The van der Waals surface area contributed by atoms with Crippen molar-refractivity contribution in [1.29, 1.82) is 0 Å². The number of amides is 6. The smallest absolute Gasteiger partial charge is 0.331 e. The summed E-state index contributed by atoms with van der Waals surface area (Å²) in [6.45, 7) is 6.75. The highest BCUT2D eigenvalue weighted by molar-refractivity contribution is 5.98. The van der Waals surface area contributed by atoms with Gasteiger partial charge in [0, 0.05) is 25.2 Å². The predicted octanol–water partition coefficient (Wildman–Crippen LogP) is -0.407. The average Bonchev–Trinajstić information content (AvgIpc) is 2.65. The molecular weight excluding hydrogens is 400 g/mol. The van der Waals surface area contributed by atoms with Gasteiger partial charge in [-0.3, -0.25) is 20.2 Å². The fourth-order valence-electron chi connectivity index (χ4n) is 1.51. The van der Waals surface area contributed by atoms with Crippen LogP contribution in [0.4, 0.5) is 9.59 Å². The first kappa shape index (κ1) is 26.6. The zero-order valence-corrected chi connectivity index (χ0v) is 17.4. The maximum absolute atomic E-state index is 11.4. The Balaban J connectivity index is 4.08. The summed E-state index contributed by atoms with van der Waals surface area (Å²) in [6, 6.07) is -1.44. The van der Waals surface area contributed by atoms with Crippen molar-refractivity contribution in [2.24, 2.45) is 11.8 Å². The molecule has 0 saturated carbocycles. The van der Waals surface area contributed by atoms with Gasteiger partial charge in [0.05, 0.1) is 0 Å². The van der Waals surface area contributed by atoms with Crippen molar-refractivity contribution in [2.75, 3.05) is 26.3 Å². The largest absolute Gasteiger partial charge is 0.452 e. The lowest BCUT2D eigenvalue weighted by Crippen LogP contribution is -2.42. The summed E-state index contributed by atoms with van der Waals surface area (Å²) in [6.07, 6.45) is 1.36. The van der Waals surface area contributed by atoms with Gasteiger partial charge in [-0.1, -0.05) is 27.7 Å². The highest BCUT2D eigenvalue weighted by Crippen LogP contribution is 1.89. The number of esters is 2. The molecule has 0 aromatic rings. The zero-order valence-electron chi connectivity index (χ0n) is 17.4. The second kappa shape index (κ2) is 14.5. The highest BCUT2D eigenvalue weighted by atomic mass is 16.5. The van der Waals surface area contributed by atoms with Crippen LogP contribution in [-0.4, -0.2) is 62.1 Å². The van der Waals surface area contributed by atoms with Gasteiger partial charge < -0.3 is 20.1 Å². The molecule has 0 radical (unpaired) electrons. The van der Waals surface area contributed by atoms with E-state index >= 15 is 0 Å². The van der Waals surface area contributed by atoms with Crippen LogP contribution in [0, 0.1) is 11.8 Å². The summed E-state index contributed by atoms with van der Waals surface area (Å²) in [5.74, 6) is -3.39. The summed E-state index contributed by atoms with van der Waals surface area (Å²) < 4.78 is 9.09. The quantitative estimate of drug-likeness (QED) is 0.269. The standard InChI is InChI=1S/C18H28N4O8/c1-11(2)7-19-17(27)21-13(23)9-29-15(25)5-6-16(26)30-10-14(24)22-18(28)20-8-12(3)4/h5-6,11-12H,7-10H2,1-4H3,(H2,19,21,23,27)(H2,20,22,24,28)/b6-5+. The van der Waals surface area contributed by atoms with Crippen LogP contribution in [0.25, 0.3) is 0 Å². The molecular formula is C18H28N4O8. The van der Waals surface area contributed by atoms with Gasteiger partial charge in [-0.25, -0.2) is 19.2 Å². The number of hydrogen-bond acceptors (Lipinski definition) is 8. The van der Waals surface area contributed by atoms with Crippen molar-refractivity contribution < 1.29 is 38.2 Å². The SMILES string of the molecule is CC(C)CNC(=O)NC(=O)COC(=O)/C=C/C(=O)OCC(=O)NC(=O)NCC(C)C. The summed E-state index contributed by atoms with van der Waals surface area (Å²) in [4.78, 5) is 68.5. The van der Waals surface area contributed by atoms with Crippen LogP contribution in [0.15, 0.2) is 12.2 Å². The first-order valence-corrected chi connectivity index (χ1v) is 9.16. The van der Waals surface area contributed by atoms with Crippen LogP contribution in [0.2, 0.25) is 0 Å². The van der Waals surface area contributed by atoms with Gasteiger partial charge in [-0.05, 0) is 11.8 Å². The monoisotopic (exact) mass is 428 g/mol. The van der Waals surface area contributed by atoms with E-state index in [-0.39, 0.29) is 11.8 Å². The number of carbonyl (C=O) groups excluding carboxylic acids is 6. The normalized spacial score (nSPS) is 10.5. The second-order valence-corrected chi connectivity index (χ2v) is 6.85. The number of urea groups is 2. The number of imide groups is 2. The van der Waals surface area contributed by atoms with Gasteiger partial charge in [-0.2, -0.15) is 0 Å². The van der Waals surface area contributed by atoms with Crippen molar-refractivity contribution in [1.82, 2.24) is 21.3 Å². The van der Waals surface area contributed by atoms with Crippen molar-refractivity contribution in [3.05, 3.63) is 12.2 Å². The number of nitrogens with one attached hydrogen (secondary N) is 4. The number of hydrogen-bond donors (Lipinski definition) is 4. The first-order valence-electron chi connectivity index (χ1n) is 9.16. The van der Waals surface area contributed by atoms with E-state index in [9.17, 15) is 28.8 Å². The van der Waals surface area contributed by atoms with Gasteiger partial charge in [-0.15, -0.1) is 0 Å². The molecule has 0 bridgehead atoms. The molecule has 12 heteroatoms. The van der Waals surface area contributed by atoms with Gasteiger partial charge in [0.1, 0.15) is 0 Å². The van der Waals surface area contributed by atoms with E-state index in [1.807, 2.05) is 38.3 Å². The lowest BCUT2D eigenvalue weighted by Gasteiger charge is -2.08. The fourth-order valence-corrected chi connectivity index (χ4v) is 1.51. The summed E-state index contributed by atoms with van der Waals surface area (Å²) in [5.41, 5.74) is 0. The van der Waals surface area contributed by atoms with Gasteiger partial charge in [0.25, 0.3) is 11.8 Å². The van der Waals surface area contributed by atoms with Crippen LogP contribution < -0.4 is 21.3 Å². The molecule has 168 valence electrons. The van der Waals surface area contributed by atoms with E-state index in [1.54, 1.807) is 0 Å². The van der Waals surface area contributed by atoms with Gasteiger partial charge in [0.15, 0.2) is 13.2 Å². The molecule has 0 atom stereocenters. The van der Waals surface area contributed by atoms with Crippen LogP contribution in [0.5, 0.6) is 0 Å². The third-order valence-corrected chi connectivity index (χ3v) is 2.89. The van der Waals surface area contributed by atoms with E-state index in [0.29, 0.717) is 25.2 Å². The summed E-state index contributed by atoms with van der Waals surface area (Å²) >= 11 is 0. The van der Waals surface area contributed by atoms with Crippen LogP contribution in [0.1, 0.15) is 27.7 Å². The van der Waals surface area contributed by atoms with Gasteiger partial charge >= 0.3 is 24.0 Å².